The molecular formula is C7H11ClN4O2. The van der Waals surface area contributed by atoms with Crippen LogP contribution in [0.15, 0.2) is 6.33 Å². The van der Waals surface area contributed by atoms with Gasteiger partial charge in [-0.15, -0.1) is 0 Å². The molecule has 0 radical (unpaired) electrons. The van der Waals surface area contributed by atoms with E-state index >= 15 is 0 Å². The molecular weight excluding hydrogens is 208 g/mol. The quantitative estimate of drug-likeness (QED) is 0.487. The number of halogens is 1. The minimum absolute atomic E-state index is 0.0116. The highest BCUT2D eigenvalue weighted by atomic mass is 35.5. The molecule has 0 aromatic carbocycles. The number of aliphatic hydroxyl groups excluding tert-OH is 2. The molecule has 6 N–H and O–H groups in total. The Morgan fingerprint density at radius 1 is 1.43 bits per heavy atom. The molecule has 78 valence electrons. The average molecular weight is 219 g/mol. The first-order valence-electron chi connectivity index (χ1n) is 3.90. The molecule has 0 bridgehead atoms. The third-order valence-electron chi connectivity index (χ3n) is 1.77. The zero-order valence-electron chi connectivity index (χ0n) is 7.26. The van der Waals surface area contributed by atoms with Crippen LogP contribution in [0.2, 0.25) is 5.15 Å². The SMILES string of the molecule is NCC(O)C(O)c1c(N)ncnc1Cl. The Morgan fingerprint density at radius 3 is 2.57 bits per heavy atom. The first kappa shape index (κ1) is 11.1. The van der Waals surface area contributed by atoms with E-state index < -0.39 is 12.2 Å². The standard InChI is InChI=1S/C7H11ClN4O2/c8-6-4(5(14)3(13)1-9)7(10)12-2-11-6/h2-3,5,13-14H,1,9H2,(H2,10,11,12). The van der Waals surface area contributed by atoms with E-state index in [0.29, 0.717) is 0 Å². The van der Waals surface area contributed by atoms with E-state index in [1.54, 1.807) is 0 Å². The summed E-state index contributed by atoms with van der Waals surface area (Å²) in [5.41, 5.74) is 10.7. The van der Waals surface area contributed by atoms with Crippen molar-refractivity contribution in [3.8, 4) is 0 Å². The number of nitrogen functional groups attached to an aromatic ring is 1. The summed E-state index contributed by atoms with van der Waals surface area (Å²) >= 11 is 5.68. The van der Waals surface area contributed by atoms with Crippen LogP contribution in [0.25, 0.3) is 0 Å². The van der Waals surface area contributed by atoms with Crippen molar-refractivity contribution < 1.29 is 10.2 Å². The van der Waals surface area contributed by atoms with Crippen LogP contribution in [0.3, 0.4) is 0 Å². The van der Waals surface area contributed by atoms with Gasteiger partial charge in [-0.1, -0.05) is 11.6 Å². The van der Waals surface area contributed by atoms with E-state index in [0.717, 1.165) is 0 Å². The van der Waals surface area contributed by atoms with Crippen molar-refractivity contribution in [2.45, 2.75) is 12.2 Å². The largest absolute Gasteiger partial charge is 0.389 e. The van der Waals surface area contributed by atoms with Gasteiger partial charge >= 0.3 is 0 Å². The Kier molecular flexibility index (Phi) is 3.59. The Labute approximate surface area is 85.5 Å². The molecule has 7 heteroatoms. The van der Waals surface area contributed by atoms with Crippen LogP contribution in [-0.4, -0.2) is 32.8 Å². The van der Waals surface area contributed by atoms with Gasteiger partial charge in [0, 0.05) is 6.54 Å². The fraction of sp³-hybridized carbons (Fsp3) is 0.429. The van der Waals surface area contributed by atoms with Gasteiger partial charge in [0.05, 0.1) is 11.7 Å². The number of hydrogen-bond acceptors (Lipinski definition) is 6. The Hall–Kier alpha value is -0.950. The third kappa shape index (κ3) is 2.10. The number of hydrogen-bond donors (Lipinski definition) is 4. The lowest BCUT2D eigenvalue weighted by molar-refractivity contribution is 0.0245. The third-order valence-corrected chi connectivity index (χ3v) is 2.07. The highest BCUT2D eigenvalue weighted by molar-refractivity contribution is 6.30. The van der Waals surface area contributed by atoms with Gasteiger partial charge < -0.3 is 21.7 Å². The highest BCUT2D eigenvalue weighted by Crippen LogP contribution is 2.26. The summed E-state index contributed by atoms with van der Waals surface area (Å²) < 4.78 is 0. The van der Waals surface area contributed by atoms with Crippen LogP contribution in [0.4, 0.5) is 5.82 Å². The summed E-state index contributed by atoms with van der Waals surface area (Å²) in [6.45, 7) is -0.105. The molecule has 1 rings (SSSR count). The van der Waals surface area contributed by atoms with Crippen molar-refractivity contribution >= 4 is 17.4 Å². The number of nitrogens with two attached hydrogens (primary N) is 2. The zero-order valence-corrected chi connectivity index (χ0v) is 8.02. The maximum absolute atomic E-state index is 9.58. The molecule has 2 unspecified atom stereocenters. The Bertz CT molecular complexity index is 302. The van der Waals surface area contributed by atoms with E-state index in [1.165, 1.54) is 6.33 Å². The molecule has 6 nitrogen and oxygen atoms in total. The van der Waals surface area contributed by atoms with Crippen LogP contribution in [-0.2, 0) is 0 Å². The number of rotatable bonds is 3. The van der Waals surface area contributed by atoms with Gasteiger partial charge in [-0.3, -0.25) is 0 Å². The topological polar surface area (TPSA) is 118 Å². The van der Waals surface area contributed by atoms with Crippen LogP contribution >= 0.6 is 11.6 Å². The van der Waals surface area contributed by atoms with Crippen molar-refractivity contribution in [1.29, 1.82) is 0 Å². The Morgan fingerprint density at radius 2 is 2.07 bits per heavy atom. The van der Waals surface area contributed by atoms with Gasteiger partial charge in [0.25, 0.3) is 0 Å². The van der Waals surface area contributed by atoms with Crippen molar-refractivity contribution in [3.05, 3.63) is 17.0 Å². The summed E-state index contributed by atoms with van der Waals surface area (Å²) in [6, 6.07) is 0. The molecule has 1 heterocycles. The van der Waals surface area contributed by atoms with Gasteiger partial charge in [-0.2, -0.15) is 0 Å². The minimum atomic E-state index is -1.27. The molecule has 1 aromatic heterocycles. The average Bonchev–Trinajstić information content (AvgIpc) is 2.16. The predicted octanol–water partition coefficient (Wildman–Crippen LogP) is -0.935. The van der Waals surface area contributed by atoms with E-state index in [4.69, 9.17) is 23.1 Å². The van der Waals surface area contributed by atoms with Gasteiger partial charge in [-0.25, -0.2) is 9.97 Å². The lowest BCUT2D eigenvalue weighted by Crippen LogP contribution is -2.28. The van der Waals surface area contributed by atoms with Gasteiger partial charge in [-0.05, 0) is 0 Å². The zero-order chi connectivity index (χ0) is 10.7. The summed E-state index contributed by atoms with van der Waals surface area (Å²) in [5, 5.41) is 18.9. The van der Waals surface area contributed by atoms with E-state index in [9.17, 15) is 10.2 Å². The highest BCUT2D eigenvalue weighted by Gasteiger charge is 2.23. The molecule has 0 aliphatic rings. The molecule has 0 saturated carbocycles. The number of aliphatic hydroxyl groups is 2. The van der Waals surface area contributed by atoms with Crippen molar-refractivity contribution in [2.24, 2.45) is 5.73 Å². The molecule has 0 aliphatic carbocycles. The maximum Gasteiger partial charge on any atom is 0.140 e. The summed E-state index contributed by atoms with van der Waals surface area (Å²) in [7, 11) is 0. The van der Waals surface area contributed by atoms with Crippen LogP contribution < -0.4 is 11.5 Å². The van der Waals surface area contributed by atoms with Crippen LogP contribution in [0.5, 0.6) is 0 Å². The molecule has 0 aliphatic heterocycles. The van der Waals surface area contributed by atoms with Crippen molar-refractivity contribution in [1.82, 2.24) is 9.97 Å². The normalized spacial score (nSPS) is 15.1. The van der Waals surface area contributed by atoms with Crippen LogP contribution in [0.1, 0.15) is 11.7 Å². The molecule has 0 fully saturated rings. The van der Waals surface area contributed by atoms with Gasteiger partial charge in [0.2, 0.25) is 0 Å². The molecule has 1 aromatic rings. The number of aromatic nitrogens is 2. The van der Waals surface area contributed by atoms with E-state index in [-0.39, 0.29) is 23.1 Å². The molecule has 0 saturated heterocycles. The molecule has 0 amide bonds. The minimum Gasteiger partial charge on any atom is -0.389 e. The summed E-state index contributed by atoms with van der Waals surface area (Å²) in [6.07, 6.45) is -1.24. The molecule has 2 atom stereocenters. The maximum atomic E-state index is 9.58. The smallest absolute Gasteiger partial charge is 0.140 e. The number of anilines is 1. The van der Waals surface area contributed by atoms with Gasteiger partial charge in [0.1, 0.15) is 23.4 Å². The van der Waals surface area contributed by atoms with Crippen molar-refractivity contribution in [2.75, 3.05) is 12.3 Å². The van der Waals surface area contributed by atoms with Crippen LogP contribution in [0, 0.1) is 0 Å². The second-order valence-corrected chi connectivity index (χ2v) is 3.07. The fourth-order valence-electron chi connectivity index (χ4n) is 0.981. The second kappa shape index (κ2) is 4.52. The van der Waals surface area contributed by atoms with E-state index in [1.807, 2.05) is 0 Å². The summed E-state index contributed by atoms with van der Waals surface area (Å²) in [5.74, 6) is 0.0324. The summed E-state index contributed by atoms with van der Waals surface area (Å²) in [4.78, 5) is 7.29. The Balaban J connectivity index is 3.05. The van der Waals surface area contributed by atoms with Crippen molar-refractivity contribution in [3.63, 3.8) is 0 Å². The first-order chi connectivity index (χ1) is 6.57. The predicted molar refractivity (Wildman–Crippen MR) is 51.5 cm³/mol. The molecule has 0 spiro atoms. The fourth-order valence-corrected chi connectivity index (χ4v) is 1.23. The first-order valence-corrected chi connectivity index (χ1v) is 4.27. The lowest BCUT2D eigenvalue weighted by atomic mass is 10.1. The molecule has 14 heavy (non-hydrogen) atoms. The number of nitrogens with zero attached hydrogens (tertiary/aromatic N) is 2. The van der Waals surface area contributed by atoms with E-state index in [2.05, 4.69) is 9.97 Å². The lowest BCUT2D eigenvalue weighted by Gasteiger charge is -2.17. The second-order valence-electron chi connectivity index (χ2n) is 2.71. The van der Waals surface area contributed by atoms with Gasteiger partial charge in [0.15, 0.2) is 0 Å². The monoisotopic (exact) mass is 218 g/mol.